The number of ketones is 1. The van der Waals surface area contributed by atoms with Crippen LogP contribution in [0.1, 0.15) is 25.7 Å². The van der Waals surface area contributed by atoms with Gasteiger partial charge in [-0.05, 0) is 42.7 Å². The van der Waals surface area contributed by atoms with Crippen LogP contribution in [0.3, 0.4) is 0 Å². The van der Waals surface area contributed by atoms with Crippen LogP contribution in [0.4, 0.5) is 0 Å². The number of nitrogens with zero attached hydrogens (tertiary/aromatic N) is 2. The minimum Gasteiger partial charge on any atom is -0.497 e. The number of aryl methyl sites for hydroxylation is 1. The number of Topliss-reactive ketones (excluding diaryl/α,β-unsaturated/α-hetero) is 1. The number of rotatable bonds is 5. The fourth-order valence-corrected chi connectivity index (χ4v) is 2.03. The smallest absolute Gasteiger partial charge is 0.352 e. The van der Waals surface area contributed by atoms with E-state index in [2.05, 4.69) is 9.59 Å². The lowest BCUT2D eigenvalue weighted by molar-refractivity contribution is 0.0478. The van der Waals surface area contributed by atoms with Crippen molar-refractivity contribution in [2.45, 2.75) is 6.92 Å². The second kappa shape index (κ2) is 6.25. The van der Waals surface area contributed by atoms with Crippen molar-refractivity contribution in [1.29, 1.82) is 0 Å². The molecule has 1 aromatic heterocycles. The van der Waals surface area contributed by atoms with E-state index in [4.69, 9.17) is 9.47 Å². The second-order valence-corrected chi connectivity index (χ2v) is 4.67. The Balaban J connectivity index is 1.95. The lowest BCUT2D eigenvalue weighted by atomic mass is 10.1. The van der Waals surface area contributed by atoms with Crippen molar-refractivity contribution in [3.8, 4) is 5.75 Å². The molecule has 0 saturated heterocycles. The number of ether oxygens (including phenoxy) is 2. The first-order valence-corrected chi connectivity index (χ1v) is 6.52. The van der Waals surface area contributed by atoms with Gasteiger partial charge in [0.15, 0.2) is 17.3 Å². The molecule has 2 rings (SSSR count). The Labute approximate surface area is 119 Å². The molecule has 20 heavy (non-hydrogen) atoms. The first-order chi connectivity index (χ1) is 9.61. The van der Waals surface area contributed by atoms with Crippen molar-refractivity contribution in [3.63, 3.8) is 0 Å². The maximum absolute atomic E-state index is 11.9. The van der Waals surface area contributed by atoms with Crippen molar-refractivity contribution < 1.29 is 19.1 Å². The number of carbonyl (C=O) groups is 2. The van der Waals surface area contributed by atoms with Crippen LogP contribution in [-0.2, 0) is 4.74 Å². The summed E-state index contributed by atoms with van der Waals surface area (Å²) in [6.07, 6.45) is 0. The van der Waals surface area contributed by atoms with Gasteiger partial charge >= 0.3 is 5.97 Å². The highest BCUT2D eigenvalue weighted by molar-refractivity contribution is 7.07. The summed E-state index contributed by atoms with van der Waals surface area (Å²) in [5.41, 5.74) is 0.953. The summed E-state index contributed by atoms with van der Waals surface area (Å²) in [4.78, 5) is 23.9. The quantitative estimate of drug-likeness (QED) is 0.618. The van der Waals surface area contributed by atoms with E-state index in [0.29, 0.717) is 21.9 Å². The molecule has 6 nitrogen and oxygen atoms in total. The third kappa shape index (κ3) is 3.18. The number of hydrogen-bond acceptors (Lipinski definition) is 7. The van der Waals surface area contributed by atoms with Crippen molar-refractivity contribution in [1.82, 2.24) is 9.59 Å². The van der Waals surface area contributed by atoms with Crippen LogP contribution in [0.25, 0.3) is 0 Å². The molecule has 0 radical (unpaired) electrons. The molecule has 0 fully saturated rings. The lowest BCUT2D eigenvalue weighted by Crippen LogP contribution is -2.14. The largest absolute Gasteiger partial charge is 0.497 e. The van der Waals surface area contributed by atoms with Gasteiger partial charge in [0.25, 0.3) is 0 Å². The molecule has 104 valence electrons. The van der Waals surface area contributed by atoms with E-state index in [-0.39, 0.29) is 12.4 Å². The Bertz CT molecular complexity index is 622. The van der Waals surface area contributed by atoms with Gasteiger partial charge in [0.05, 0.1) is 12.8 Å². The number of benzene rings is 1. The number of carbonyl (C=O) groups excluding carboxylic acids is 2. The van der Waals surface area contributed by atoms with E-state index in [0.717, 1.165) is 11.5 Å². The molecule has 0 N–H and O–H groups in total. The summed E-state index contributed by atoms with van der Waals surface area (Å²) < 4.78 is 13.6. The van der Waals surface area contributed by atoms with E-state index in [1.807, 2.05) is 0 Å². The first-order valence-electron chi connectivity index (χ1n) is 5.75. The van der Waals surface area contributed by atoms with Gasteiger partial charge in [0.1, 0.15) is 5.75 Å². The first kappa shape index (κ1) is 14.1. The van der Waals surface area contributed by atoms with Gasteiger partial charge in [-0.2, -0.15) is 0 Å². The normalized spacial score (nSPS) is 10.1. The summed E-state index contributed by atoms with van der Waals surface area (Å²) in [5, 5.41) is 3.71. The summed E-state index contributed by atoms with van der Waals surface area (Å²) in [6, 6.07) is 6.58. The number of methoxy groups -OCH3 is 1. The Kier molecular flexibility index (Phi) is 4.41. The Hall–Kier alpha value is -2.28. The molecule has 1 aromatic carbocycles. The van der Waals surface area contributed by atoms with Crippen LogP contribution in [0.15, 0.2) is 24.3 Å². The van der Waals surface area contributed by atoms with E-state index < -0.39 is 5.97 Å². The average Bonchev–Trinajstić information content (AvgIpc) is 2.90. The summed E-state index contributed by atoms with van der Waals surface area (Å²) in [6.45, 7) is 1.34. The van der Waals surface area contributed by atoms with E-state index in [1.54, 1.807) is 38.3 Å². The Morgan fingerprint density at radius 1 is 1.25 bits per heavy atom. The van der Waals surface area contributed by atoms with Gasteiger partial charge in [-0.15, -0.1) is 5.10 Å². The molecule has 0 bridgehead atoms. The van der Waals surface area contributed by atoms with Crippen LogP contribution in [0, 0.1) is 6.92 Å². The van der Waals surface area contributed by atoms with Gasteiger partial charge in [0.2, 0.25) is 0 Å². The molecule has 7 heteroatoms. The molecule has 1 heterocycles. The molecule has 2 aromatic rings. The zero-order valence-corrected chi connectivity index (χ0v) is 11.8. The average molecular weight is 292 g/mol. The lowest BCUT2D eigenvalue weighted by Gasteiger charge is -2.04. The molecule has 0 unspecified atom stereocenters. The monoisotopic (exact) mass is 292 g/mol. The summed E-state index contributed by atoms with van der Waals surface area (Å²) in [7, 11) is 1.55. The molecule has 0 aliphatic heterocycles. The minimum atomic E-state index is -0.584. The zero-order valence-electron chi connectivity index (χ0n) is 11.0. The molecule has 0 aliphatic carbocycles. The predicted octanol–water partition coefficient (Wildman–Crippen LogP) is 1.89. The number of hydrogen-bond donors (Lipinski definition) is 0. The van der Waals surface area contributed by atoms with Crippen molar-refractivity contribution in [3.05, 3.63) is 40.4 Å². The van der Waals surface area contributed by atoms with E-state index >= 15 is 0 Å². The topological polar surface area (TPSA) is 78.4 Å². The van der Waals surface area contributed by atoms with Crippen LogP contribution < -0.4 is 4.74 Å². The van der Waals surface area contributed by atoms with Gasteiger partial charge < -0.3 is 9.47 Å². The highest BCUT2D eigenvalue weighted by Crippen LogP contribution is 2.13. The fraction of sp³-hybridized carbons (Fsp3) is 0.231. The summed E-state index contributed by atoms with van der Waals surface area (Å²) in [5.74, 6) is -0.208. The predicted molar refractivity (Wildman–Crippen MR) is 72.3 cm³/mol. The molecule has 0 spiro atoms. The van der Waals surface area contributed by atoms with Gasteiger partial charge in [-0.25, -0.2) is 4.79 Å². The van der Waals surface area contributed by atoms with E-state index in [9.17, 15) is 9.59 Å². The third-order valence-corrected chi connectivity index (χ3v) is 3.39. The maximum Gasteiger partial charge on any atom is 0.352 e. The zero-order chi connectivity index (χ0) is 14.5. The van der Waals surface area contributed by atoms with E-state index in [1.165, 1.54) is 0 Å². The fourth-order valence-electron chi connectivity index (χ4n) is 1.48. The van der Waals surface area contributed by atoms with Crippen molar-refractivity contribution in [2.75, 3.05) is 13.7 Å². The second-order valence-electron chi connectivity index (χ2n) is 3.92. The van der Waals surface area contributed by atoms with Crippen LogP contribution in [-0.4, -0.2) is 35.1 Å². The molecule has 0 atom stereocenters. The highest BCUT2D eigenvalue weighted by Gasteiger charge is 2.16. The number of aromatic nitrogens is 2. The maximum atomic E-state index is 11.9. The SMILES string of the molecule is COc1ccc(C(=O)COC(=O)c2snnc2C)cc1. The Morgan fingerprint density at radius 2 is 1.95 bits per heavy atom. The highest BCUT2D eigenvalue weighted by atomic mass is 32.1. The van der Waals surface area contributed by atoms with Gasteiger partial charge in [-0.1, -0.05) is 4.49 Å². The number of esters is 1. The summed E-state index contributed by atoms with van der Waals surface area (Å²) >= 11 is 0.947. The molecular formula is C13H12N2O4S. The Morgan fingerprint density at radius 3 is 2.50 bits per heavy atom. The molecule has 0 aliphatic rings. The van der Waals surface area contributed by atoms with Crippen molar-refractivity contribution in [2.24, 2.45) is 0 Å². The minimum absolute atomic E-state index is 0.281. The third-order valence-electron chi connectivity index (χ3n) is 2.58. The van der Waals surface area contributed by atoms with Crippen LogP contribution in [0.5, 0.6) is 5.75 Å². The van der Waals surface area contributed by atoms with Crippen LogP contribution >= 0.6 is 11.5 Å². The van der Waals surface area contributed by atoms with Crippen molar-refractivity contribution >= 4 is 23.3 Å². The standard InChI is InChI=1S/C13H12N2O4S/c1-8-12(20-15-14-8)13(17)19-7-11(16)9-3-5-10(18-2)6-4-9/h3-6H,7H2,1-2H3. The van der Waals surface area contributed by atoms with Gasteiger partial charge in [-0.3, -0.25) is 4.79 Å². The van der Waals surface area contributed by atoms with Gasteiger partial charge in [0, 0.05) is 5.56 Å². The molecule has 0 amide bonds. The molecule has 0 saturated carbocycles. The van der Waals surface area contributed by atoms with Crippen LogP contribution in [0.2, 0.25) is 0 Å². The molecular weight excluding hydrogens is 280 g/mol.